The number of benzene rings is 1. The minimum Gasteiger partial charge on any atom is -0.357 e. The number of halogens is 1. The Labute approximate surface area is 132 Å². The molecule has 0 amide bonds. The zero-order valence-corrected chi connectivity index (χ0v) is 13.6. The largest absolute Gasteiger partial charge is 0.357 e. The standard InChI is InChI=1S/C17H27FN4/c1-3-19-17(20-12-14-7-9-22(2)10-8-14)21-13-15-5-4-6-16(18)11-15/h4-6,11,14H,3,7-10,12-13H2,1-2H3,(H2,19,20,21). The summed E-state index contributed by atoms with van der Waals surface area (Å²) in [6, 6.07) is 6.60. The summed E-state index contributed by atoms with van der Waals surface area (Å²) in [7, 11) is 2.17. The molecule has 0 spiro atoms. The first-order valence-electron chi connectivity index (χ1n) is 8.12. The second-order valence-corrected chi connectivity index (χ2v) is 5.95. The number of nitrogens with zero attached hydrogens (tertiary/aromatic N) is 2. The highest BCUT2D eigenvalue weighted by Crippen LogP contribution is 2.14. The lowest BCUT2D eigenvalue weighted by molar-refractivity contribution is 0.220. The molecule has 0 unspecified atom stereocenters. The van der Waals surface area contributed by atoms with E-state index in [4.69, 9.17) is 0 Å². The van der Waals surface area contributed by atoms with Crippen LogP contribution in [0, 0.1) is 11.7 Å². The molecule has 4 nitrogen and oxygen atoms in total. The van der Waals surface area contributed by atoms with Crippen LogP contribution in [0.4, 0.5) is 4.39 Å². The number of hydrogen-bond acceptors (Lipinski definition) is 2. The Balaban J connectivity index is 1.84. The molecule has 22 heavy (non-hydrogen) atoms. The second kappa shape index (κ2) is 8.73. The highest BCUT2D eigenvalue weighted by molar-refractivity contribution is 5.79. The summed E-state index contributed by atoms with van der Waals surface area (Å²) in [5.74, 6) is 1.30. The van der Waals surface area contributed by atoms with E-state index < -0.39 is 0 Å². The molecule has 1 aliphatic rings. The van der Waals surface area contributed by atoms with E-state index in [9.17, 15) is 4.39 Å². The van der Waals surface area contributed by atoms with Gasteiger partial charge in [-0.25, -0.2) is 9.38 Å². The lowest BCUT2D eigenvalue weighted by Crippen LogP contribution is -2.42. The van der Waals surface area contributed by atoms with Crippen molar-refractivity contribution in [1.82, 2.24) is 15.5 Å². The van der Waals surface area contributed by atoms with Crippen LogP contribution in [0.25, 0.3) is 0 Å². The maximum Gasteiger partial charge on any atom is 0.191 e. The van der Waals surface area contributed by atoms with Crippen molar-refractivity contribution in [1.29, 1.82) is 0 Å². The van der Waals surface area contributed by atoms with Gasteiger partial charge in [0.25, 0.3) is 0 Å². The number of likely N-dealkylation sites (tertiary alicyclic amines) is 1. The smallest absolute Gasteiger partial charge is 0.191 e. The fourth-order valence-electron chi connectivity index (χ4n) is 2.65. The minimum absolute atomic E-state index is 0.211. The van der Waals surface area contributed by atoms with Gasteiger partial charge in [-0.05, 0) is 63.5 Å². The Morgan fingerprint density at radius 1 is 1.32 bits per heavy atom. The lowest BCUT2D eigenvalue weighted by atomic mass is 9.97. The van der Waals surface area contributed by atoms with Gasteiger partial charge in [0.15, 0.2) is 5.96 Å². The molecule has 0 aromatic heterocycles. The van der Waals surface area contributed by atoms with E-state index in [1.54, 1.807) is 6.07 Å². The number of guanidine groups is 1. The van der Waals surface area contributed by atoms with E-state index in [0.717, 1.165) is 24.6 Å². The van der Waals surface area contributed by atoms with Gasteiger partial charge < -0.3 is 15.5 Å². The maximum atomic E-state index is 13.2. The first-order valence-corrected chi connectivity index (χ1v) is 8.12. The molecule has 0 aliphatic carbocycles. The summed E-state index contributed by atoms with van der Waals surface area (Å²) in [5.41, 5.74) is 0.886. The Morgan fingerprint density at radius 3 is 2.77 bits per heavy atom. The summed E-state index contributed by atoms with van der Waals surface area (Å²) in [5, 5.41) is 6.67. The third kappa shape index (κ3) is 5.64. The number of aliphatic imine (C=N–C) groups is 1. The number of nitrogens with one attached hydrogen (secondary N) is 2. The number of piperidine rings is 1. The van der Waals surface area contributed by atoms with Gasteiger partial charge in [0.2, 0.25) is 0 Å². The van der Waals surface area contributed by atoms with Crippen molar-refractivity contribution in [3.63, 3.8) is 0 Å². The van der Waals surface area contributed by atoms with Crippen molar-refractivity contribution in [2.24, 2.45) is 10.9 Å². The average molecular weight is 306 g/mol. The Kier molecular flexibility index (Phi) is 6.65. The molecule has 1 saturated heterocycles. The summed E-state index contributed by atoms with van der Waals surface area (Å²) in [6.07, 6.45) is 2.46. The van der Waals surface area contributed by atoms with Crippen LogP contribution in [0.2, 0.25) is 0 Å². The van der Waals surface area contributed by atoms with Gasteiger partial charge in [0, 0.05) is 13.1 Å². The molecule has 0 atom stereocenters. The molecule has 122 valence electrons. The molecule has 1 heterocycles. The summed E-state index contributed by atoms with van der Waals surface area (Å²) < 4.78 is 13.2. The molecule has 0 bridgehead atoms. The topological polar surface area (TPSA) is 39.7 Å². The van der Waals surface area contributed by atoms with E-state index in [-0.39, 0.29) is 5.82 Å². The van der Waals surface area contributed by atoms with Crippen LogP contribution in [0.15, 0.2) is 29.3 Å². The molecule has 2 N–H and O–H groups in total. The normalized spacial score (nSPS) is 17.5. The van der Waals surface area contributed by atoms with Crippen molar-refractivity contribution in [2.75, 3.05) is 33.2 Å². The molecule has 5 heteroatoms. The molecular formula is C17H27FN4. The van der Waals surface area contributed by atoms with Gasteiger partial charge in [-0.2, -0.15) is 0 Å². The first kappa shape index (κ1) is 16.7. The number of rotatable bonds is 5. The van der Waals surface area contributed by atoms with Crippen LogP contribution in [0.3, 0.4) is 0 Å². The second-order valence-electron chi connectivity index (χ2n) is 5.95. The van der Waals surface area contributed by atoms with E-state index in [2.05, 4.69) is 34.5 Å². The maximum absolute atomic E-state index is 13.2. The Hall–Kier alpha value is -1.62. The van der Waals surface area contributed by atoms with Crippen molar-refractivity contribution in [2.45, 2.75) is 26.3 Å². The van der Waals surface area contributed by atoms with Gasteiger partial charge in [0.1, 0.15) is 5.82 Å². The SMILES string of the molecule is CCNC(=NCc1cccc(F)c1)NCC1CCN(C)CC1. The van der Waals surface area contributed by atoms with Crippen LogP contribution < -0.4 is 10.6 Å². The molecular weight excluding hydrogens is 279 g/mol. The Morgan fingerprint density at radius 2 is 2.09 bits per heavy atom. The third-order valence-corrected chi connectivity index (χ3v) is 4.05. The van der Waals surface area contributed by atoms with Crippen molar-refractivity contribution >= 4 is 5.96 Å². The zero-order valence-electron chi connectivity index (χ0n) is 13.6. The quantitative estimate of drug-likeness (QED) is 0.647. The molecule has 2 rings (SSSR count). The van der Waals surface area contributed by atoms with Crippen molar-refractivity contribution in [3.8, 4) is 0 Å². The predicted molar refractivity (Wildman–Crippen MR) is 89.4 cm³/mol. The fourth-order valence-corrected chi connectivity index (χ4v) is 2.65. The van der Waals surface area contributed by atoms with E-state index in [1.165, 1.54) is 38.1 Å². The summed E-state index contributed by atoms with van der Waals surface area (Å²) in [4.78, 5) is 6.92. The lowest BCUT2D eigenvalue weighted by Gasteiger charge is -2.29. The molecule has 0 radical (unpaired) electrons. The molecule has 1 fully saturated rings. The fraction of sp³-hybridized carbons (Fsp3) is 0.588. The third-order valence-electron chi connectivity index (χ3n) is 4.05. The van der Waals surface area contributed by atoms with Crippen LogP contribution in [0.1, 0.15) is 25.3 Å². The van der Waals surface area contributed by atoms with Crippen LogP contribution in [-0.4, -0.2) is 44.1 Å². The van der Waals surface area contributed by atoms with Gasteiger partial charge in [-0.15, -0.1) is 0 Å². The van der Waals surface area contributed by atoms with Crippen LogP contribution >= 0.6 is 0 Å². The van der Waals surface area contributed by atoms with Gasteiger partial charge in [-0.3, -0.25) is 0 Å². The van der Waals surface area contributed by atoms with E-state index in [1.807, 2.05) is 6.07 Å². The van der Waals surface area contributed by atoms with Crippen LogP contribution in [-0.2, 0) is 6.54 Å². The molecule has 0 saturated carbocycles. The minimum atomic E-state index is -0.211. The van der Waals surface area contributed by atoms with Gasteiger partial charge in [-0.1, -0.05) is 12.1 Å². The number of hydrogen-bond donors (Lipinski definition) is 2. The van der Waals surface area contributed by atoms with Crippen LogP contribution in [0.5, 0.6) is 0 Å². The highest BCUT2D eigenvalue weighted by atomic mass is 19.1. The van der Waals surface area contributed by atoms with E-state index >= 15 is 0 Å². The van der Waals surface area contributed by atoms with Gasteiger partial charge >= 0.3 is 0 Å². The summed E-state index contributed by atoms with van der Waals surface area (Å²) >= 11 is 0. The molecule has 1 aromatic rings. The zero-order chi connectivity index (χ0) is 15.8. The van der Waals surface area contributed by atoms with Crippen molar-refractivity contribution < 1.29 is 4.39 Å². The van der Waals surface area contributed by atoms with Gasteiger partial charge in [0.05, 0.1) is 6.54 Å². The summed E-state index contributed by atoms with van der Waals surface area (Å²) in [6.45, 7) is 6.65. The van der Waals surface area contributed by atoms with Crippen molar-refractivity contribution in [3.05, 3.63) is 35.6 Å². The first-order chi connectivity index (χ1) is 10.7. The highest BCUT2D eigenvalue weighted by Gasteiger charge is 2.16. The molecule has 1 aromatic carbocycles. The predicted octanol–water partition coefficient (Wildman–Crippen LogP) is 2.22. The van der Waals surface area contributed by atoms with E-state index in [0.29, 0.717) is 12.5 Å². The average Bonchev–Trinajstić information content (AvgIpc) is 2.52. The monoisotopic (exact) mass is 306 g/mol. The molecule has 1 aliphatic heterocycles. The Bertz CT molecular complexity index is 481.